The van der Waals surface area contributed by atoms with Gasteiger partial charge < -0.3 is 10.2 Å². The zero-order valence-corrected chi connectivity index (χ0v) is 11.5. The van der Waals surface area contributed by atoms with E-state index >= 15 is 0 Å². The molecule has 0 radical (unpaired) electrons. The number of aromatic carboxylic acids is 1. The average molecular weight is 297 g/mol. The van der Waals surface area contributed by atoms with Crippen LogP contribution in [0.25, 0.3) is 0 Å². The lowest BCUT2D eigenvalue weighted by atomic mass is 10.2. The summed E-state index contributed by atoms with van der Waals surface area (Å²) in [6, 6.07) is 3.10. The Morgan fingerprint density at radius 2 is 2.05 bits per heavy atom. The summed E-state index contributed by atoms with van der Waals surface area (Å²) < 4.78 is 26.2. The highest BCUT2D eigenvalue weighted by Gasteiger charge is 2.18. The summed E-state index contributed by atoms with van der Waals surface area (Å²) in [6.45, 7) is 0.216. The lowest BCUT2D eigenvalue weighted by Gasteiger charge is -2.08. The molecule has 108 valence electrons. The molecular formula is C13H15NO5S. The van der Waals surface area contributed by atoms with Gasteiger partial charge in [0.25, 0.3) is 0 Å². The van der Waals surface area contributed by atoms with Crippen molar-refractivity contribution < 1.29 is 23.4 Å². The van der Waals surface area contributed by atoms with Gasteiger partial charge in [-0.15, -0.1) is 12.3 Å². The summed E-state index contributed by atoms with van der Waals surface area (Å²) in [6.07, 6.45) is 6.95. The molecule has 1 aromatic rings. The van der Waals surface area contributed by atoms with Crippen molar-refractivity contribution in [1.29, 1.82) is 0 Å². The maximum atomic E-state index is 11.9. The Morgan fingerprint density at radius 3 is 2.65 bits per heavy atom. The third-order valence-electron chi connectivity index (χ3n) is 2.55. The molecule has 0 amide bonds. The first-order valence-corrected chi connectivity index (χ1v) is 7.36. The number of unbranched alkanes of at least 4 members (excludes halogenated alkanes) is 2. The van der Waals surface area contributed by atoms with Crippen LogP contribution >= 0.6 is 0 Å². The fraction of sp³-hybridized carbons (Fsp3) is 0.308. The van der Waals surface area contributed by atoms with Crippen LogP contribution in [0, 0.1) is 12.3 Å². The van der Waals surface area contributed by atoms with Crippen LogP contribution in [-0.2, 0) is 10.0 Å². The van der Waals surface area contributed by atoms with Crippen molar-refractivity contribution >= 4 is 16.0 Å². The topological polar surface area (TPSA) is 104 Å². The number of sulfonamides is 1. The summed E-state index contributed by atoms with van der Waals surface area (Å²) in [5, 5.41) is 18.2. The van der Waals surface area contributed by atoms with E-state index in [0.29, 0.717) is 19.3 Å². The molecule has 0 saturated heterocycles. The van der Waals surface area contributed by atoms with E-state index < -0.39 is 27.3 Å². The number of phenols is 1. The van der Waals surface area contributed by atoms with Crippen molar-refractivity contribution in [3.05, 3.63) is 23.8 Å². The number of hydrogen-bond donors (Lipinski definition) is 3. The predicted octanol–water partition coefficient (Wildman–Crippen LogP) is 1.17. The molecule has 0 aromatic heterocycles. The second-order valence-electron chi connectivity index (χ2n) is 4.04. The van der Waals surface area contributed by atoms with Crippen molar-refractivity contribution in [1.82, 2.24) is 4.72 Å². The van der Waals surface area contributed by atoms with E-state index in [4.69, 9.17) is 11.5 Å². The lowest BCUT2D eigenvalue weighted by molar-refractivity contribution is 0.0693. The molecule has 1 aromatic carbocycles. The van der Waals surface area contributed by atoms with E-state index in [1.54, 1.807) is 0 Å². The lowest BCUT2D eigenvalue weighted by Crippen LogP contribution is -2.25. The Bertz CT molecular complexity index is 631. The molecular weight excluding hydrogens is 282 g/mol. The highest BCUT2D eigenvalue weighted by atomic mass is 32.2. The fourth-order valence-electron chi connectivity index (χ4n) is 1.50. The van der Waals surface area contributed by atoms with Crippen molar-refractivity contribution in [2.45, 2.75) is 24.2 Å². The molecule has 1 rings (SSSR count). The van der Waals surface area contributed by atoms with Gasteiger partial charge in [-0.2, -0.15) is 0 Å². The first-order valence-electron chi connectivity index (χ1n) is 5.88. The highest BCUT2D eigenvalue weighted by Crippen LogP contribution is 2.21. The predicted molar refractivity (Wildman–Crippen MR) is 72.9 cm³/mol. The number of terminal acetylenes is 1. The van der Waals surface area contributed by atoms with Crippen LogP contribution in [0.3, 0.4) is 0 Å². The normalized spacial score (nSPS) is 10.9. The van der Waals surface area contributed by atoms with Crippen LogP contribution in [0.1, 0.15) is 29.6 Å². The van der Waals surface area contributed by atoms with Gasteiger partial charge in [0.2, 0.25) is 10.0 Å². The third kappa shape index (κ3) is 4.26. The Hall–Kier alpha value is -2.04. The second kappa shape index (κ2) is 6.93. The van der Waals surface area contributed by atoms with Crippen LogP contribution in [0.4, 0.5) is 0 Å². The van der Waals surface area contributed by atoms with Gasteiger partial charge in [0.05, 0.1) is 4.90 Å². The molecule has 0 heterocycles. The molecule has 0 bridgehead atoms. The molecule has 0 aliphatic carbocycles. The van der Waals surface area contributed by atoms with E-state index in [2.05, 4.69) is 10.6 Å². The quantitative estimate of drug-likeness (QED) is 0.518. The minimum absolute atomic E-state index is 0.204. The molecule has 0 aliphatic heterocycles. The monoisotopic (exact) mass is 297 g/mol. The molecule has 0 aliphatic rings. The third-order valence-corrected chi connectivity index (χ3v) is 4.01. The first-order chi connectivity index (χ1) is 9.38. The molecule has 20 heavy (non-hydrogen) atoms. The standard InChI is InChI=1S/C13H15NO5S/c1-2-3-4-5-8-14-20(18,19)10-6-7-12(15)11(9-10)13(16)17/h1,6-7,9,14-15H,3-5,8H2,(H,16,17). The second-order valence-corrected chi connectivity index (χ2v) is 5.81. The van der Waals surface area contributed by atoms with E-state index in [-0.39, 0.29) is 11.4 Å². The van der Waals surface area contributed by atoms with Gasteiger partial charge >= 0.3 is 5.97 Å². The van der Waals surface area contributed by atoms with Gasteiger partial charge in [0, 0.05) is 13.0 Å². The zero-order valence-electron chi connectivity index (χ0n) is 10.7. The van der Waals surface area contributed by atoms with Gasteiger partial charge in [0.15, 0.2) is 0 Å². The number of nitrogens with one attached hydrogen (secondary N) is 1. The number of carboxylic acid groups (broad SMARTS) is 1. The average Bonchev–Trinajstić information content (AvgIpc) is 2.38. The largest absolute Gasteiger partial charge is 0.507 e. The molecule has 0 saturated carbocycles. The summed E-state index contributed by atoms with van der Waals surface area (Å²) in [5.41, 5.74) is -0.458. The molecule has 0 unspecified atom stereocenters. The van der Waals surface area contributed by atoms with Crippen molar-refractivity contribution in [3.63, 3.8) is 0 Å². The van der Waals surface area contributed by atoms with Crippen LogP contribution in [0.2, 0.25) is 0 Å². The SMILES string of the molecule is C#CCCCCNS(=O)(=O)c1ccc(O)c(C(=O)O)c1. The smallest absolute Gasteiger partial charge is 0.339 e. The Morgan fingerprint density at radius 1 is 1.35 bits per heavy atom. The van der Waals surface area contributed by atoms with Crippen LogP contribution in [-0.4, -0.2) is 31.1 Å². The first kappa shape index (κ1) is 16.0. The minimum Gasteiger partial charge on any atom is -0.507 e. The molecule has 0 atom stereocenters. The zero-order chi connectivity index (χ0) is 15.2. The van der Waals surface area contributed by atoms with Crippen molar-refractivity contribution in [2.75, 3.05) is 6.54 Å². The maximum absolute atomic E-state index is 11.9. The van der Waals surface area contributed by atoms with Gasteiger partial charge in [0.1, 0.15) is 11.3 Å². The number of rotatable bonds is 7. The van der Waals surface area contributed by atoms with Crippen molar-refractivity contribution in [2.24, 2.45) is 0 Å². The van der Waals surface area contributed by atoms with Crippen LogP contribution in [0.5, 0.6) is 5.75 Å². The maximum Gasteiger partial charge on any atom is 0.339 e. The van der Waals surface area contributed by atoms with Gasteiger partial charge in [-0.1, -0.05) is 0 Å². The van der Waals surface area contributed by atoms with Crippen LogP contribution in [0.15, 0.2) is 23.1 Å². The number of carbonyl (C=O) groups is 1. The van der Waals surface area contributed by atoms with Gasteiger partial charge in [-0.05, 0) is 31.0 Å². The van der Waals surface area contributed by atoms with E-state index in [0.717, 1.165) is 18.2 Å². The Kier molecular flexibility index (Phi) is 5.55. The van der Waals surface area contributed by atoms with E-state index in [9.17, 15) is 18.3 Å². The highest BCUT2D eigenvalue weighted by molar-refractivity contribution is 7.89. The summed E-state index contributed by atoms with van der Waals surface area (Å²) >= 11 is 0. The van der Waals surface area contributed by atoms with Crippen LogP contribution < -0.4 is 4.72 Å². The minimum atomic E-state index is -3.80. The number of benzene rings is 1. The fourth-order valence-corrected chi connectivity index (χ4v) is 2.60. The van der Waals surface area contributed by atoms with Gasteiger partial charge in [-0.3, -0.25) is 0 Å². The number of carboxylic acids is 1. The number of hydrogen-bond acceptors (Lipinski definition) is 4. The molecule has 0 spiro atoms. The molecule has 0 fully saturated rings. The number of aromatic hydroxyl groups is 1. The van der Waals surface area contributed by atoms with Crippen molar-refractivity contribution in [3.8, 4) is 18.1 Å². The van der Waals surface area contributed by atoms with Gasteiger partial charge in [-0.25, -0.2) is 17.9 Å². The summed E-state index contributed by atoms with van der Waals surface area (Å²) in [4.78, 5) is 10.6. The molecule has 3 N–H and O–H groups in total. The molecule has 6 nitrogen and oxygen atoms in total. The Labute approximate surface area is 117 Å². The molecule has 7 heteroatoms. The summed E-state index contributed by atoms with van der Waals surface area (Å²) in [5.74, 6) is 0.577. The summed E-state index contributed by atoms with van der Waals surface area (Å²) in [7, 11) is -3.80. The Balaban J connectivity index is 2.80. The van der Waals surface area contributed by atoms with E-state index in [1.165, 1.54) is 0 Å². The van der Waals surface area contributed by atoms with E-state index in [1.807, 2.05) is 0 Å².